The number of imide groups is 1. The molecule has 3 amide bonds. The summed E-state index contributed by atoms with van der Waals surface area (Å²) in [5.41, 5.74) is 2.05. The van der Waals surface area contributed by atoms with Crippen LogP contribution in [0.3, 0.4) is 0 Å². The number of urea groups is 1. The van der Waals surface area contributed by atoms with Crippen LogP contribution in [-0.4, -0.2) is 58.3 Å². The van der Waals surface area contributed by atoms with Crippen molar-refractivity contribution in [2.75, 3.05) is 20.2 Å². The number of carbonyl (C=O) groups excluding carboxylic acids is 3. The molecule has 0 radical (unpaired) electrons. The highest BCUT2D eigenvalue weighted by molar-refractivity contribution is 6.19. The Balaban J connectivity index is 1.76. The average Bonchev–Trinajstić information content (AvgIpc) is 3.36. The molecule has 1 aromatic rings. The van der Waals surface area contributed by atoms with E-state index in [2.05, 4.69) is 4.57 Å². The van der Waals surface area contributed by atoms with Gasteiger partial charge in [-0.15, -0.1) is 0 Å². The molecule has 3 aliphatic rings. The smallest absolute Gasteiger partial charge is 0.402 e. The molecule has 9 nitrogen and oxygen atoms in total. The van der Waals surface area contributed by atoms with Gasteiger partial charge in [-0.1, -0.05) is 4.99 Å². The van der Waals surface area contributed by atoms with Gasteiger partial charge in [0, 0.05) is 7.05 Å². The Morgan fingerprint density at radius 3 is 2.57 bits per heavy atom. The first-order valence-corrected chi connectivity index (χ1v) is 9.83. The predicted octanol–water partition coefficient (Wildman–Crippen LogP) is 1.55. The van der Waals surface area contributed by atoms with Crippen molar-refractivity contribution in [2.45, 2.75) is 58.5 Å². The summed E-state index contributed by atoms with van der Waals surface area (Å²) in [6.45, 7) is 5.51. The van der Waals surface area contributed by atoms with E-state index in [-0.39, 0.29) is 6.61 Å². The topological polar surface area (TPSA) is 88.1 Å². The fourth-order valence-corrected chi connectivity index (χ4v) is 4.54. The maximum Gasteiger partial charge on any atom is 0.402 e. The normalized spacial score (nSPS) is 21.9. The maximum atomic E-state index is 13.2. The zero-order chi connectivity index (χ0) is 20.2. The standard InChI is InChI=1S/C19H26N5O4/c1-5-28-14(25)10-22-17(26)15-16(21(4)19(22)27)20-18-23(13-8-6-7-9-13)11(2)12(3)24(15)18/h13,15H,5-10H2,1-4H3/q+1. The van der Waals surface area contributed by atoms with E-state index in [0.29, 0.717) is 17.8 Å². The van der Waals surface area contributed by atoms with Crippen LogP contribution in [0.4, 0.5) is 10.7 Å². The number of aliphatic imine (C=N–C) groups is 1. The van der Waals surface area contributed by atoms with E-state index in [1.54, 1.807) is 14.0 Å². The number of rotatable bonds is 4. The third kappa shape index (κ3) is 2.56. The Bertz CT molecular complexity index is 897. The Morgan fingerprint density at radius 1 is 1.25 bits per heavy atom. The number of likely N-dealkylation sites (N-methyl/N-ethyl adjacent to an activating group) is 1. The van der Waals surface area contributed by atoms with Gasteiger partial charge in [-0.25, -0.2) is 18.8 Å². The minimum atomic E-state index is -0.728. The zero-order valence-electron chi connectivity index (χ0n) is 16.8. The lowest BCUT2D eigenvalue weighted by Gasteiger charge is -2.32. The molecule has 1 saturated heterocycles. The number of amidine groups is 1. The van der Waals surface area contributed by atoms with E-state index in [9.17, 15) is 14.4 Å². The summed E-state index contributed by atoms with van der Waals surface area (Å²) in [6.07, 6.45) is 4.56. The van der Waals surface area contributed by atoms with Gasteiger partial charge in [0.05, 0.1) is 12.6 Å². The highest BCUT2D eigenvalue weighted by Gasteiger charge is 2.55. The van der Waals surface area contributed by atoms with Gasteiger partial charge in [-0.3, -0.25) is 14.5 Å². The van der Waals surface area contributed by atoms with Gasteiger partial charge < -0.3 is 4.74 Å². The number of amides is 3. The van der Waals surface area contributed by atoms with Crippen LogP contribution in [-0.2, 0) is 14.3 Å². The first-order valence-electron chi connectivity index (χ1n) is 9.83. The monoisotopic (exact) mass is 388 g/mol. The summed E-state index contributed by atoms with van der Waals surface area (Å²) in [6, 6.07) is -0.916. The van der Waals surface area contributed by atoms with Crippen LogP contribution in [0.15, 0.2) is 4.99 Å². The van der Waals surface area contributed by atoms with Crippen molar-refractivity contribution in [3.63, 3.8) is 0 Å². The summed E-state index contributed by atoms with van der Waals surface area (Å²) in [7, 11) is 1.59. The summed E-state index contributed by atoms with van der Waals surface area (Å²) in [4.78, 5) is 44.9. The minimum absolute atomic E-state index is 0.197. The van der Waals surface area contributed by atoms with E-state index in [4.69, 9.17) is 9.73 Å². The van der Waals surface area contributed by atoms with Crippen LogP contribution in [0.5, 0.6) is 0 Å². The quantitative estimate of drug-likeness (QED) is 0.578. The Labute approximate surface area is 163 Å². The molecule has 0 bridgehead atoms. The number of hydrogen-bond donors (Lipinski definition) is 0. The van der Waals surface area contributed by atoms with Gasteiger partial charge in [0.15, 0.2) is 0 Å². The second-order valence-electron chi connectivity index (χ2n) is 7.59. The first kappa shape index (κ1) is 18.6. The highest BCUT2D eigenvalue weighted by Crippen LogP contribution is 2.38. The summed E-state index contributed by atoms with van der Waals surface area (Å²) in [5, 5.41) is 0. The zero-order valence-corrected chi connectivity index (χ0v) is 16.8. The summed E-state index contributed by atoms with van der Waals surface area (Å²) >= 11 is 0. The van der Waals surface area contributed by atoms with Crippen molar-refractivity contribution >= 4 is 29.7 Å². The Hall–Kier alpha value is -2.71. The van der Waals surface area contributed by atoms with E-state index in [1.807, 2.05) is 18.4 Å². The van der Waals surface area contributed by atoms with Gasteiger partial charge in [0.1, 0.15) is 17.9 Å². The number of aromatic nitrogens is 2. The van der Waals surface area contributed by atoms with Crippen LogP contribution in [0.25, 0.3) is 0 Å². The molecule has 2 fully saturated rings. The molecule has 1 aliphatic carbocycles. The van der Waals surface area contributed by atoms with Crippen molar-refractivity contribution in [1.29, 1.82) is 0 Å². The van der Waals surface area contributed by atoms with Gasteiger partial charge in [0.25, 0.3) is 5.91 Å². The first-order chi connectivity index (χ1) is 13.4. The molecule has 3 heterocycles. The number of ether oxygens (including phenoxy) is 1. The maximum absolute atomic E-state index is 13.2. The average molecular weight is 388 g/mol. The van der Waals surface area contributed by atoms with Crippen LogP contribution in [0.2, 0.25) is 0 Å². The number of esters is 1. The van der Waals surface area contributed by atoms with Gasteiger partial charge in [-0.05, 0) is 46.5 Å². The molecule has 0 N–H and O–H groups in total. The van der Waals surface area contributed by atoms with Crippen LogP contribution < -0.4 is 4.57 Å². The van der Waals surface area contributed by atoms with E-state index in [0.717, 1.165) is 29.1 Å². The number of fused-ring (bicyclic) bond motifs is 3. The molecule has 1 saturated carbocycles. The number of carbonyl (C=O) groups is 3. The Kier molecular flexibility index (Phi) is 4.47. The molecule has 2 aliphatic heterocycles. The lowest BCUT2D eigenvalue weighted by molar-refractivity contribution is -0.683. The fraction of sp³-hybridized carbons (Fsp3) is 0.632. The number of hydrogen-bond acceptors (Lipinski definition) is 5. The third-order valence-corrected chi connectivity index (χ3v) is 6.04. The number of nitrogens with zero attached hydrogens (tertiary/aromatic N) is 5. The fourth-order valence-electron chi connectivity index (χ4n) is 4.54. The highest BCUT2D eigenvalue weighted by atomic mass is 16.5. The molecule has 0 aromatic carbocycles. The molecule has 9 heteroatoms. The molecular formula is C19H26N5O4+. The molecule has 28 heavy (non-hydrogen) atoms. The molecule has 150 valence electrons. The third-order valence-electron chi connectivity index (χ3n) is 6.04. The van der Waals surface area contributed by atoms with Crippen molar-refractivity contribution < 1.29 is 23.7 Å². The largest absolute Gasteiger partial charge is 0.465 e. The SMILES string of the molecule is CCOC(=O)CN1C(=O)C2C(=Nc3n(C4CCCC4)c(C)c(C)[n+]32)N(C)C1=O. The summed E-state index contributed by atoms with van der Waals surface area (Å²) in [5.74, 6) is 0.0933. The van der Waals surface area contributed by atoms with E-state index >= 15 is 0 Å². The van der Waals surface area contributed by atoms with Crippen molar-refractivity contribution in [3.8, 4) is 0 Å². The van der Waals surface area contributed by atoms with E-state index < -0.39 is 30.5 Å². The molecule has 1 atom stereocenters. The van der Waals surface area contributed by atoms with Gasteiger partial charge in [0.2, 0.25) is 11.9 Å². The van der Waals surface area contributed by atoms with Gasteiger partial charge >= 0.3 is 17.9 Å². The minimum Gasteiger partial charge on any atom is -0.465 e. The lowest BCUT2D eigenvalue weighted by atomic mass is 10.1. The molecule has 0 spiro atoms. The number of imidazole rings is 1. The Morgan fingerprint density at radius 2 is 1.93 bits per heavy atom. The van der Waals surface area contributed by atoms with Crippen molar-refractivity contribution in [2.24, 2.45) is 4.99 Å². The molecule has 4 rings (SSSR count). The van der Waals surface area contributed by atoms with Crippen molar-refractivity contribution in [3.05, 3.63) is 11.4 Å². The predicted molar refractivity (Wildman–Crippen MR) is 99.2 cm³/mol. The lowest BCUT2D eigenvalue weighted by Crippen LogP contribution is -2.64. The molecule has 1 aromatic heterocycles. The summed E-state index contributed by atoms with van der Waals surface area (Å²) < 4.78 is 9.05. The van der Waals surface area contributed by atoms with E-state index in [1.165, 1.54) is 17.7 Å². The van der Waals surface area contributed by atoms with Gasteiger partial charge in [-0.2, -0.15) is 0 Å². The van der Waals surface area contributed by atoms with Crippen LogP contribution in [0, 0.1) is 13.8 Å². The van der Waals surface area contributed by atoms with Crippen LogP contribution >= 0.6 is 0 Å². The molecular weight excluding hydrogens is 362 g/mol. The second kappa shape index (κ2) is 6.72. The van der Waals surface area contributed by atoms with Crippen molar-refractivity contribution in [1.82, 2.24) is 14.4 Å². The second-order valence-corrected chi connectivity index (χ2v) is 7.59. The van der Waals surface area contributed by atoms with Crippen LogP contribution in [0.1, 0.15) is 56.1 Å². The molecule has 1 unspecified atom stereocenters.